The van der Waals surface area contributed by atoms with Crippen LogP contribution in [0.5, 0.6) is 5.75 Å². The van der Waals surface area contributed by atoms with Crippen LogP contribution >= 0.6 is 11.8 Å². The summed E-state index contributed by atoms with van der Waals surface area (Å²) in [5, 5.41) is -0.0272. The molecule has 1 fully saturated rings. The summed E-state index contributed by atoms with van der Waals surface area (Å²) in [7, 11) is -2.21. The summed E-state index contributed by atoms with van der Waals surface area (Å²) in [4.78, 5) is 29.4. The molecule has 1 saturated heterocycles. The second-order valence-corrected chi connectivity index (χ2v) is 19.3. The number of halogens is 1. The molecule has 1 heterocycles. The summed E-state index contributed by atoms with van der Waals surface area (Å²) in [5.41, 5.74) is 4.40. The molecular weight excluding hydrogens is 626 g/mol. The standard InChI is InChI=1S/C39H44FNO4SSi/c1-26(42)44-36-25-29(27-15-20-32(46-5)21-16-27)17-22-33(36)37-34(38(43)41(37)31-11-9-8-10-12-31)23-24-35(28-13-18-30(40)19-14-28)45-47(6,7)39(2,3)4/h8-22,25,34-35,37H,23-24H2,1-7H3/t34-,35+,37-/m1/s1. The molecule has 4 aromatic carbocycles. The molecule has 1 aliphatic rings. The van der Waals surface area contributed by atoms with E-state index in [1.54, 1.807) is 23.9 Å². The van der Waals surface area contributed by atoms with Crippen molar-refractivity contribution in [3.8, 4) is 16.9 Å². The van der Waals surface area contributed by atoms with Crippen LogP contribution in [0.4, 0.5) is 10.1 Å². The molecule has 246 valence electrons. The molecule has 1 amide bonds. The highest BCUT2D eigenvalue weighted by atomic mass is 32.2. The molecule has 0 radical (unpaired) electrons. The fourth-order valence-corrected chi connectivity index (χ4v) is 7.61. The van der Waals surface area contributed by atoms with Gasteiger partial charge in [0.05, 0.1) is 18.1 Å². The van der Waals surface area contributed by atoms with Crippen LogP contribution in [0.3, 0.4) is 0 Å². The number of carbonyl (C=O) groups is 2. The number of anilines is 1. The van der Waals surface area contributed by atoms with Crippen molar-refractivity contribution >= 4 is 37.6 Å². The summed E-state index contributed by atoms with van der Waals surface area (Å²) >= 11 is 1.68. The summed E-state index contributed by atoms with van der Waals surface area (Å²) in [6.07, 6.45) is 2.87. The number of esters is 1. The van der Waals surface area contributed by atoms with Crippen molar-refractivity contribution in [1.82, 2.24) is 0 Å². The zero-order valence-corrected chi connectivity index (χ0v) is 30.1. The predicted molar refractivity (Wildman–Crippen MR) is 192 cm³/mol. The zero-order chi connectivity index (χ0) is 33.9. The van der Waals surface area contributed by atoms with Crippen LogP contribution in [0.15, 0.2) is 102 Å². The number of amides is 1. The Labute approximate surface area is 283 Å². The van der Waals surface area contributed by atoms with Gasteiger partial charge in [0.25, 0.3) is 0 Å². The van der Waals surface area contributed by atoms with Crippen molar-refractivity contribution in [2.75, 3.05) is 11.2 Å². The number of rotatable bonds is 11. The van der Waals surface area contributed by atoms with Crippen molar-refractivity contribution in [1.29, 1.82) is 0 Å². The molecule has 3 atom stereocenters. The van der Waals surface area contributed by atoms with E-state index in [2.05, 4.69) is 58.1 Å². The molecule has 0 aromatic heterocycles. The number of para-hydroxylation sites is 1. The Morgan fingerprint density at radius 3 is 2.17 bits per heavy atom. The maximum absolute atomic E-state index is 14.0. The third kappa shape index (κ3) is 7.72. The molecule has 0 unspecified atom stereocenters. The first kappa shape index (κ1) is 34.6. The molecule has 0 bridgehead atoms. The molecule has 5 rings (SSSR count). The zero-order valence-electron chi connectivity index (χ0n) is 28.3. The number of benzene rings is 4. The lowest BCUT2D eigenvalue weighted by molar-refractivity contribution is -0.132. The van der Waals surface area contributed by atoms with E-state index in [9.17, 15) is 14.0 Å². The molecule has 0 spiro atoms. The number of β-lactam (4-membered cyclic amide) rings is 1. The van der Waals surface area contributed by atoms with Crippen LogP contribution in [-0.2, 0) is 14.0 Å². The van der Waals surface area contributed by atoms with Gasteiger partial charge >= 0.3 is 5.97 Å². The molecule has 8 heteroatoms. The van der Waals surface area contributed by atoms with E-state index in [-0.39, 0.29) is 34.8 Å². The maximum Gasteiger partial charge on any atom is 0.308 e. The molecule has 0 saturated carbocycles. The van der Waals surface area contributed by atoms with Gasteiger partial charge in [-0.15, -0.1) is 11.8 Å². The Kier molecular flexibility index (Phi) is 10.4. The Balaban J connectivity index is 1.52. The second kappa shape index (κ2) is 14.2. The number of ether oxygens (including phenoxy) is 1. The fraction of sp³-hybridized carbons (Fsp3) is 0.333. The van der Waals surface area contributed by atoms with Crippen LogP contribution < -0.4 is 9.64 Å². The maximum atomic E-state index is 14.0. The van der Waals surface area contributed by atoms with Crippen LogP contribution in [0, 0.1) is 11.7 Å². The van der Waals surface area contributed by atoms with E-state index in [0.717, 1.165) is 32.8 Å². The molecule has 4 aromatic rings. The normalized spacial score (nSPS) is 17.3. The smallest absolute Gasteiger partial charge is 0.308 e. The highest BCUT2D eigenvalue weighted by Gasteiger charge is 2.50. The first-order chi connectivity index (χ1) is 22.3. The minimum atomic E-state index is -2.21. The van der Waals surface area contributed by atoms with Gasteiger partial charge in [0, 0.05) is 23.1 Å². The Bertz CT molecular complexity index is 1700. The SMILES string of the molecule is CSc1ccc(-c2ccc([C@@H]3[C@@H](CC[C@H](O[Si](C)(C)C(C)(C)C)c4ccc(F)cc4)C(=O)N3c3ccccc3)c(OC(C)=O)c2)cc1. The van der Waals surface area contributed by atoms with Gasteiger partial charge in [0.1, 0.15) is 11.6 Å². The topological polar surface area (TPSA) is 55.8 Å². The van der Waals surface area contributed by atoms with Crippen molar-refractivity contribution in [3.05, 3.63) is 114 Å². The third-order valence-corrected chi connectivity index (χ3v) is 14.7. The Morgan fingerprint density at radius 1 is 0.936 bits per heavy atom. The number of thioether (sulfide) groups is 1. The van der Waals surface area contributed by atoms with E-state index >= 15 is 0 Å². The Morgan fingerprint density at radius 2 is 1.57 bits per heavy atom. The first-order valence-corrected chi connectivity index (χ1v) is 20.2. The van der Waals surface area contributed by atoms with Gasteiger partial charge in [-0.1, -0.05) is 75.4 Å². The van der Waals surface area contributed by atoms with Gasteiger partial charge < -0.3 is 14.1 Å². The lowest BCUT2D eigenvalue weighted by atomic mass is 9.77. The van der Waals surface area contributed by atoms with E-state index in [1.165, 1.54) is 19.1 Å². The predicted octanol–water partition coefficient (Wildman–Crippen LogP) is 10.4. The fourth-order valence-electron chi connectivity index (χ4n) is 5.88. The average Bonchev–Trinajstić information content (AvgIpc) is 3.03. The molecule has 0 N–H and O–H groups in total. The minimum Gasteiger partial charge on any atom is -0.426 e. The largest absolute Gasteiger partial charge is 0.426 e. The lowest BCUT2D eigenvalue weighted by Crippen LogP contribution is -2.55. The van der Waals surface area contributed by atoms with Crippen molar-refractivity contribution < 1.29 is 23.1 Å². The van der Waals surface area contributed by atoms with Gasteiger partial charge in [-0.2, -0.15) is 0 Å². The van der Waals surface area contributed by atoms with Crippen LogP contribution in [0.1, 0.15) is 63.8 Å². The van der Waals surface area contributed by atoms with Crippen LogP contribution in [0.2, 0.25) is 18.1 Å². The van der Waals surface area contributed by atoms with Crippen LogP contribution in [-0.4, -0.2) is 26.4 Å². The van der Waals surface area contributed by atoms with Gasteiger partial charge in [0.15, 0.2) is 8.32 Å². The van der Waals surface area contributed by atoms with Crippen molar-refractivity contribution in [2.24, 2.45) is 5.92 Å². The average molecular weight is 670 g/mol. The molecule has 47 heavy (non-hydrogen) atoms. The second-order valence-electron chi connectivity index (χ2n) is 13.7. The molecular formula is C39H44FNO4SSi. The van der Waals surface area contributed by atoms with Crippen molar-refractivity contribution in [3.63, 3.8) is 0 Å². The highest BCUT2D eigenvalue weighted by Crippen LogP contribution is 2.50. The summed E-state index contributed by atoms with van der Waals surface area (Å²) in [5.74, 6) is -0.637. The van der Waals surface area contributed by atoms with Gasteiger partial charge in [-0.05, 0) is 96.4 Å². The quantitative estimate of drug-likeness (QED) is 0.0523. The molecule has 1 aliphatic heterocycles. The molecule has 0 aliphatic carbocycles. The summed E-state index contributed by atoms with van der Waals surface area (Å²) in [6.45, 7) is 12.4. The summed E-state index contributed by atoms with van der Waals surface area (Å²) < 4.78 is 26.7. The first-order valence-electron chi connectivity index (χ1n) is 16.1. The van der Waals surface area contributed by atoms with E-state index in [0.29, 0.717) is 18.6 Å². The Hall–Kier alpha value is -3.72. The lowest BCUT2D eigenvalue weighted by Gasteiger charge is -2.48. The summed E-state index contributed by atoms with van der Waals surface area (Å²) in [6, 6.07) is 29.9. The highest BCUT2D eigenvalue weighted by molar-refractivity contribution is 7.98. The molecule has 5 nitrogen and oxygen atoms in total. The number of carbonyl (C=O) groups excluding carboxylic acids is 2. The van der Waals surface area contributed by atoms with Gasteiger partial charge in [-0.3, -0.25) is 9.59 Å². The monoisotopic (exact) mass is 669 g/mol. The van der Waals surface area contributed by atoms with E-state index in [1.807, 2.05) is 59.7 Å². The van der Waals surface area contributed by atoms with Crippen LogP contribution in [0.25, 0.3) is 11.1 Å². The van der Waals surface area contributed by atoms with Crippen molar-refractivity contribution in [2.45, 2.75) is 75.7 Å². The third-order valence-electron chi connectivity index (χ3n) is 9.48. The van der Waals surface area contributed by atoms with E-state index in [4.69, 9.17) is 9.16 Å². The number of nitrogens with zero attached hydrogens (tertiary/aromatic N) is 1. The van der Waals surface area contributed by atoms with Gasteiger partial charge in [-0.25, -0.2) is 4.39 Å². The number of hydrogen-bond acceptors (Lipinski definition) is 5. The number of hydrogen-bond donors (Lipinski definition) is 0. The van der Waals surface area contributed by atoms with Gasteiger partial charge in [0.2, 0.25) is 5.91 Å². The minimum absolute atomic E-state index is 0.0110. The van der Waals surface area contributed by atoms with E-state index < -0.39 is 14.3 Å².